The van der Waals surface area contributed by atoms with E-state index in [1.54, 1.807) is 0 Å². The molecule has 1 aromatic carbocycles. The Balaban J connectivity index is 2.61. The molecule has 1 rings (SSSR count). The first-order valence-corrected chi connectivity index (χ1v) is 7.33. The van der Waals surface area contributed by atoms with Crippen molar-refractivity contribution in [2.24, 2.45) is 11.8 Å². The standard InChI is InChI=1S/C15H23Cl2N/c1-10(2)18-9-12(4)11(3)8-13-14(16)6-5-7-15(13)17/h5-7,10-12,18H,8-9H2,1-4H3. The van der Waals surface area contributed by atoms with Crippen LogP contribution in [-0.4, -0.2) is 12.6 Å². The largest absolute Gasteiger partial charge is 0.314 e. The van der Waals surface area contributed by atoms with Crippen LogP contribution >= 0.6 is 23.2 Å². The zero-order chi connectivity index (χ0) is 13.7. The van der Waals surface area contributed by atoms with Crippen molar-refractivity contribution < 1.29 is 0 Å². The molecule has 3 heteroatoms. The second-order valence-electron chi connectivity index (χ2n) is 5.42. The van der Waals surface area contributed by atoms with Gasteiger partial charge in [-0.2, -0.15) is 0 Å². The molecule has 18 heavy (non-hydrogen) atoms. The zero-order valence-electron chi connectivity index (χ0n) is 11.6. The summed E-state index contributed by atoms with van der Waals surface area (Å²) < 4.78 is 0. The zero-order valence-corrected chi connectivity index (χ0v) is 13.1. The van der Waals surface area contributed by atoms with Gasteiger partial charge in [0.1, 0.15) is 0 Å². The minimum Gasteiger partial charge on any atom is -0.314 e. The van der Waals surface area contributed by atoms with Crippen LogP contribution in [0.25, 0.3) is 0 Å². The quantitative estimate of drug-likeness (QED) is 0.792. The Bertz CT molecular complexity index is 357. The van der Waals surface area contributed by atoms with Gasteiger partial charge in [-0.05, 0) is 42.5 Å². The first kappa shape index (κ1) is 15.8. The monoisotopic (exact) mass is 287 g/mol. The molecule has 0 fully saturated rings. The summed E-state index contributed by atoms with van der Waals surface area (Å²) in [4.78, 5) is 0. The molecule has 1 N–H and O–H groups in total. The van der Waals surface area contributed by atoms with Gasteiger partial charge < -0.3 is 5.32 Å². The summed E-state index contributed by atoms with van der Waals surface area (Å²) >= 11 is 12.4. The lowest BCUT2D eigenvalue weighted by molar-refractivity contribution is 0.354. The molecule has 0 aromatic heterocycles. The number of benzene rings is 1. The van der Waals surface area contributed by atoms with E-state index in [4.69, 9.17) is 23.2 Å². The molecule has 1 aromatic rings. The van der Waals surface area contributed by atoms with Crippen molar-refractivity contribution in [1.29, 1.82) is 0 Å². The van der Waals surface area contributed by atoms with E-state index in [2.05, 4.69) is 33.0 Å². The smallest absolute Gasteiger partial charge is 0.0452 e. The van der Waals surface area contributed by atoms with Gasteiger partial charge in [0, 0.05) is 16.1 Å². The molecule has 0 saturated carbocycles. The van der Waals surface area contributed by atoms with E-state index in [1.165, 1.54) is 0 Å². The maximum Gasteiger partial charge on any atom is 0.0452 e. The summed E-state index contributed by atoms with van der Waals surface area (Å²) in [6, 6.07) is 6.24. The number of nitrogens with one attached hydrogen (secondary N) is 1. The van der Waals surface area contributed by atoms with Crippen molar-refractivity contribution in [3.05, 3.63) is 33.8 Å². The van der Waals surface area contributed by atoms with Crippen molar-refractivity contribution in [2.45, 2.75) is 40.2 Å². The molecular formula is C15H23Cl2N. The third-order valence-electron chi connectivity index (χ3n) is 3.41. The molecule has 0 radical (unpaired) electrons. The van der Waals surface area contributed by atoms with Gasteiger partial charge in [0.05, 0.1) is 0 Å². The summed E-state index contributed by atoms with van der Waals surface area (Å²) in [5.74, 6) is 1.15. The fourth-order valence-corrected chi connectivity index (χ4v) is 2.43. The molecule has 102 valence electrons. The van der Waals surface area contributed by atoms with Crippen LogP contribution in [0, 0.1) is 11.8 Å². The molecule has 0 spiro atoms. The van der Waals surface area contributed by atoms with Gasteiger partial charge in [0.25, 0.3) is 0 Å². The van der Waals surface area contributed by atoms with Crippen LogP contribution in [0.15, 0.2) is 18.2 Å². The van der Waals surface area contributed by atoms with Gasteiger partial charge in [-0.25, -0.2) is 0 Å². The third-order valence-corrected chi connectivity index (χ3v) is 4.12. The van der Waals surface area contributed by atoms with Gasteiger partial charge in [-0.15, -0.1) is 0 Å². The molecule has 0 aliphatic rings. The Labute approximate surface area is 121 Å². The second-order valence-corrected chi connectivity index (χ2v) is 6.24. The SMILES string of the molecule is CC(C)NCC(C)C(C)Cc1c(Cl)cccc1Cl. The molecule has 0 aliphatic heterocycles. The van der Waals surface area contributed by atoms with Crippen molar-refractivity contribution >= 4 is 23.2 Å². The highest BCUT2D eigenvalue weighted by molar-refractivity contribution is 6.35. The van der Waals surface area contributed by atoms with E-state index >= 15 is 0 Å². The molecule has 2 atom stereocenters. The fraction of sp³-hybridized carbons (Fsp3) is 0.600. The average molecular weight is 288 g/mol. The van der Waals surface area contributed by atoms with Crippen molar-refractivity contribution in [1.82, 2.24) is 5.32 Å². The van der Waals surface area contributed by atoms with Crippen molar-refractivity contribution in [3.63, 3.8) is 0 Å². The fourth-order valence-electron chi connectivity index (χ4n) is 1.87. The minimum atomic E-state index is 0.531. The van der Waals surface area contributed by atoms with E-state index in [0.717, 1.165) is 28.6 Å². The van der Waals surface area contributed by atoms with Crippen molar-refractivity contribution in [2.75, 3.05) is 6.54 Å². The molecular weight excluding hydrogens is 265 g/mol. The third kappa shape index (κ3) is 4.79. The Kier molecular flexibility index (Phi) is 6.48. The lowest BCUT2D eigenvalue weighted by atomic mass is 9.89. The van der Waals surface area contributed by atoms with Crippen LogP contribution in [0.3, 0.4) is 0 Å². The van der Waals surface area contributed by atoms with Crippen LogP contribution in [0.4, 0.5) is 0 Å². The maximum atomic E-state index is 6.21. The Morgan fingerprint density at radius 2 is 1.56 bits per heavy atom. The predicted molar refractivity (Wildman–Crippen MR) is 81.6 cm³/mol. The van der Waals surface area contributed by atoms with Crippen LogP contribution < -0.4 is 5.32 Å². The second kappa shape index (κ2) is 7.37. The van der Waals surface area contributed by atoms with E-state index in [1.807, 2.05) is 18.2 Å². The lowest BCUT2D eigenvalue weighted by Crippen LogP contribution is -2.31. The summed E-state index contributed by atoms with van der Waals surface area (Å²) in [6.45, 7) is 9.89. The van der Waals surface area contributed by atoms with Gasteiger partial charge in [0.15, 0.2) is 0 Å². The molecule has 1 nitrogen and oxygen atoms in total. The highest BCUT2D eigenvalue weighted by Gasteiger charge is 2.16. The van der Waals surface area contributed by atoms with Gasteiger partial charge in [-0.1, -0.05) is 57.0 Å². The van der Waals surface area contributed by atoms with Crippen molar-refractivity contribution in [3.8, 4) is 0 Å². The van der Waals surface area contributed by atoms with Crippen LogP contribution in [0.5, 0.6) is 0 Å². The number of rotatable bonds is 6. The number of hydrogen-bond donors (Lipinski definition) is 1. The summed E-state index contributed by atoms with van der Waals surface area (Å²) in [7, 11) is 0. The molecule has 2 unspecified atom stereocenters. The number of hydrogen-bond acceptors (Lipinski definition) is 1. The Hall–Kier alpha value is -0.240. The van der Waals surface area contributed by atoms with E-state index in [9.17, 15) is 0 Å². The summed E-state index contributed by atoms with van der Waals surface area (Å²) in [6.07, 6.45) is 0.930. The van der Waals surface area contributed by atoms with E-state index in [-0.39, 0.29) is 0 Å². The summed E-state index contributed by atoms with van der Waals surface area (Å²) in [5, 5.41) is 5.03. The molecule has 0 heterocycles. The van der Waals surface area contributed by atoms with Gasteiger partial charge >= 0.3 is 0 Å². The topological polar surface area (TPSA) is 12.0 Å². The molecule has 0 bridgehead atoms. The Morgan fingerprint density at radius 3 is 2.06 bits per heavy atom. The molecule has 0 amide bonds. The predicted octanol–water partition coefficient (Wildman–Crippen LogP) is 4.81. The first-order valence-electron chi connectivity index (χ1n) is 6.58. The normalized spacial score (nSPS) is 14.8. The van der Waals surface area contributed by atoms with Gasteiger partial charge in [0.2, 0.25) is 0 Å². The van der Waals surface area contributed by atoms with Crippen LogP contribution in [0.1, 0.15) is 33.3 Å². The van der Waals surface area contributed by atoms with Gasteiger partial charge in [-0.3, -0.25) is 0 Å². The highest BCUT2D eigenvalue weighted by atomic mass is 35.5. The Morgan fingerprint density at radius 1 is 1.00 bits per heavy atom. The van der Waals surface area contributed by atoms with Crippen LogP contribution in [0.2, 0.25) is 10.0 Å². The molecule has 0 saturated heterocycles. The first-order chi connectivity index (χ1) is 8.41. The number of halogens is 2. The average Bonchev–Trinajstić information content (AvgIpc) is 2.30. The highest BCUT2D eigenvalue weighted by Crippen LogP contribution is 2.28. The summed E-state index contributed by atoms with van der Waals surface area (Å²) in [5.41, 5.74) is 1.07. The minimum absolute atomic E-state index is 0.531. The lowest BCUT2D eigenvalue weighted by Gasteiger charge is -2.22. The van der Waals surface area contributed by atoms with E-state index in [0.29, 0.717) is 17.9 Å². The van der Waals surface area contributed by atoms with E-state index < -0.39 is 0 Å². The molecule has 0 aliphatic carbocycles. The maximum absolute atomic E-state index is 6.21. The van der Waals surface area contributed by atoms with Crippen LogP contribution in [-0.2, 0) is 6.42 Å².